The third-order valence-corrected chi connectivity index (χ3v) is 2.78. The summed E-state index contributed by atoms with van der Waals surface area (Å²) in [5.41, 5.74) is 0.0989. The van der Waals surface area contributed by atoms with E-state index >= 15 is 0 Å². The molecule has 0 aliphatic rings. The van der Waals surface area contributed by atoms with Gasteiger partial charge < -0.3 is 15.3 Å². The van der Waals surface area contributed by atoms with Crippen molar-refractivity contribution in [2.45, 2.75) is 18.8 Å². The Kier molecular flexibility index (Phi) is 4.66. The van der Waals surface area contributed by atoms with Crippen molar-refractivity contribution in [1.29, 1.82) is 0 Å². The number of halogens is 2. The SMILES string of the molecule is OCc1cccc(C(O)C(O)CBr)c1F. The van der Waals surface area contributed by atoms with Crippen molar-refractivity contribution in [1.82, 2.24) is 0 Å². The summed E-state index contributed by atoms with van der Waals surface area (Å²) in [5, 5.41) is 27.9. The largest absolute Gasteiger partial charge is 0.392 e. The maximum atomic E-state index is 13.6. The number of aliphatic hydroxyl groups excluding tert-OH is 3. The number of alkyl halides is 1. The van der Waals surface area contributed by atoms with Gasteiger partial charge in [-0.3, -0.25) is 0 Å². The Morgan fingerprint density at radius 3 is 2.53 bits per heavy atom. The Labute approximate surface area is 95.3 Å². The van der Waals surface area contributed by atoms with Gasteiger partial charge in [0.05, 0.1) is 12.7 Å². The van der Waals surface area contributed by atoms with Crippen molar-refractivity contribution in [3.63, 3.8) is 0 Å². The average Bonchev–Trinajstić information content (AvgIpc) is 2.27. The number of hydrogen-bond donors (Lipinski definition) is 3. The second kappa shape index (κ2) is 5.55. The van der Waals surface area contributed by atoms with E-state index in [4.69, 9.17) is 5.11 Å². The van der Waals surface area contributed by atoms with Crippen molar-refractivity contribution in [3.8, 4) is 0 Å². The molecular weight excluding hydrogens is 267 g/mol. The molecule has 1 aromatic rings. The van der Waals surface area contributed by atoms with E-state index in [1.165, 1.54) is 18.2 Å². The lowest BCUT2D eigenvalue weighted by Crippen LogP contribution is -2.21. The van der Waals surface area contributed by atoms with E-state index in [1.807, 2.05) is 0 Å². The van der Waals surface area contributed by atoms with Gasteiger partial charge in [0.1, 0.15) is 11.9 Å². The number of aliphatic hydroxyl groups is 3. The monoisotopic (exact) mass is 278 g/mol. The fourth-order valence-electron chi connectivity index (χ4n) is 1.24. The molecule has 0 heterocycles. The van der Waals surface area contributed by atoms with Gasteiger partial charge in [-0.1, -0.05) is 34.1 Å². The number of hydrogen-bond acceptors (Lipinski definition) is 3. The maximum Gasteiger partial charge on any atom is 0.134 e. The van der Waals surface area contributed by atoms with Gasteiger partial charge in [-0.2, -0.15) is 0 Å². The minimum absolute atomic E-state index is 0.00602. The highest BCUT2D eigenvalue weighted by atomic mass is 79.9. The predicted molar refractivity (Wildman–Crippen MR) is 57.1 cm³/mol. The molecule has 15 heavy (non-hydrogen) atoms. The smallest absolute Gasteiger partial charge is 0.134 e. The van der Waals surface area contributed by atoms with Crippen molar-refractivity contribution in [2.24, 2.45) is 0 Å². The lowest BCUT2D eigenvalue weighted by Gasteiger charge is -2.17. The van der Waals surface area contributed by atoms with E-state index in [1.54, 1.807) is 0 Å². The zero-order chi connectivity index (χ0) is 11.4. The second-order valence-electron chi connectivity index (χ2n) is 3.14. The molecule has 1 aromatic carbocycles. The van der Waals surface area contributed by atoms with Crippen LogP contribution in [0, 0.1) is 5.82 Å². The third-order valence-electron chi connectivity index (χ3n) is 2.12. The van der Waals surface area contributed by atoms with Gasteiger partial charge in [0.15, 0.2) is 0 Å². The minimum Gasteiger partial charge on any atom is -0.392 e. The first kappa shape index (κ1) is 12.6. The third kappa shape index (κ3) is 2.75. The molecule has 0 amide bonds. The Hall–Kier alpha value is -0.490. The molecule has 0 aromatic heterocycles. The van der Waals surface area contributed by atoms with E-state index in [0.717, 1.165) is 0 Å². The topological polar surface area (TPSA) is 60.7 Å². The summed E-state index contributed by atoms with van der Waals surface area (Å²) in [7, 11) is 0. The molecule has 0 aliphatic heterocycles. The van der Waals surface area contributed by atoms with Gasteiger partial charge >= 0.3 is 0 Å². The van der Waals surface area contributed by atoms with Crippen molar-refractivity contribution < 1.29 is 19.7 Å². The Bertz CT molecular complexity index is 332. The quantitative estimate of drug-likeness (QED) is 0.723. The van der Waals surface area contributed by atoms with E-state index in [9.17, 15) is 14.6 Å². The fraction of sp³-hybridized carbons (Fsp3) is 0.400. The van der Waals surface area contributed by atoms with E-state index < -0.39 is 24.6 Å². The van der Waals surface area contributed by atoms with Crippen LogP contribution in [0.15, 0.2) is 18.2 Å². The van der Waals surface area contributed by atoms with Crippen LogP contribution in [-0.4, -0.2) is 26.8 Å². The van der Waals surface area contributed by atoms with Crippen LogP contribution in [0.1, 0.15) is 17.2 Å². The molecule has 1 rings (SSSR count). The molecule has 2 unspecified atom stereocenters. The molecular formula is C10H12BrFO3. The van der Waals surface area contributed by atoms with Crippen LogP contribution < -0.4 is 0 Å². The first-order valence-corrected chi connectivity index (χ1v) is 5.54. The minimum atomic E-state index is -1.30. The Morgan fingerprint density at radius 1 is 1.33 bits per heavy atom. The van der Waals surface area contributed by atoms with E-state index in [0.29, 0.717) is 0 Å². The molecule has 0 spiro atoms. The van der Waals surface area contributed by atoms with Crippen LogP contribution in [0.25, 0.3) is 0 Å². The summed E-state index contributed by atoms with van der Waals surface area (Å²) in [4.78, 5) is 0. The zero-order valence-corrected chi connectivity index (χ0v) is 9.48. The molecule has 5 heteroatoms. The van der Waals surface area contributed by atoms with Crippen LogP contribution >= 0.6 is 15.9 Å². The summed E-state index contributed by atoms with van der Waals surface area (Å²) < 4.78 is 13.6. The maximum absolute atomic E-state index is 13.6. The highest BCUT2D eigenvalue weighted by molar-refractivity contribution is 9.09. The van der Waals surface area contributed by atoms with Crippen LogP contribution in [-0.2, 0) is 6.61 Å². The number of rotatable bonds is 4. The molecule has 3 nitrogen and oxygen atoms in total. The average molecular weight is 279 g/mol. The fourth-order valence-corrected chi connectivity index (χ4v) is 1.60. The predicted octanol–water partition coefficient (Wildman–Crippen LogP) is 1.11. The van der Waals surface area contributed by atoms with Gasteiger partial charge in [0.25, 0.3) is 0 Å². The molecule has 0 aliphatic carbocycles. The molecule has 0 bridgehead atoms. The first-order valence-electron chi connectivity index (χ1n) is 4.42. The normalized spacial score (nSPS) is 15.0. The highest BCUT2D eigenvalue weighted by Gasteiger charge is 2.21. The van der Waals surface area contributed by atoms with Gasteiger partial charge in [-0.25, -0.2) is 4.39 Å². The van der Waals surface area contributed by atoms with Gasteiger partial charge in [-0.05, 0) is 0 Å². The molecule has 0 fully saturated rings. The molecule has 84 valence electrons. The highest BCUT2D eigenvalue weighted by Crippen LogP contribution is 2.23. The van der Waals surface area contributed by atoms with Crippen LogP contribution in [0.3, 0.4) is 0 Å². The van der Waals surface area contributed by atoms with E-state index in [2.05, 4.69) is 15.9 Å². The molecule has 0 saturated carbocycles. The molecule has 2 atom stereocenters. The Balaban J connectivity index is 3.03. The summed E-state index contributed by atoms with van der Waals surface area (Å²) in [6.45, 7) is -0.434. The summed E-state index contributed by atoms with van der Waals surface area (Å²) in [5.74, 6) is -0.674. The molecule has 0 saturated heterocycles. The van der Waals surface area contributed by atoms with Crippen molar-refractivity contribution in [3.05, 3.63) is 35.1 Å². The standard InChI is InChI=1S/C10H12BrFO3/c11-4-8(14)10(15)7-3-1-2-6(5-13)9(7)12/h1-3,8,10,13-15H,4-5H2. The van der Waals surface area contributed by atoms with Crippen molar-refractivity contribution >= 4 is 15.9 Å². The first-order chi connectivity index (χ1) is 7.11. The molecule has 3 N–H and O–H groups in total. The summed E-state index contributed by atoms with van der Waals surface area (Å²) >= 11 is 2.99. The van der Waals surface area contributed by atoms with Gasteiger partial charge in [0.2, 0.25) is 0 Å². The molecule has 0 radical (unpaired) electrons. The lowest BCUT2D eigenvalue weighted by atomic mass is 10.0. The van der Waals surface area contributed by atoms with Crippen molar-refractivity contribution in [2.75, 3.05) is 5.33 Å². The lowest BCUT2D eigenvalue weighted by molar-refractivity contribution is 0.0318. The second-order valence-corrected chi connectivity index (χ2v) is 3.79. The summed E-state index contributed by atoms with van der Waals surface area (Å²) in [6.07, 6.45) is -2.37. The summed E-state index contributed by atoms with van der Waals surface area (Å²) in [6, 6.07) is 4.32. The van der Waals surface area contributed by atoms with Crippen LogP contribution in [0.5, 0.6) is 0 Å². The van der Waals surface area contributed by atoms with Crippen LogP contribution in [0.4, 0.5) is 4.39 Å². The van der Waals surface area contributed by atoms with E-state index in [-0.39, 0.29) is 16.5 Å². The van der Waals surface area contributed by atoms with Gasteiger partial charge in [0, 0.05) is 16.5 Å². The zero-order valence-electron chi connectivity index (χ0n) is 7.90. The van der Waals surface area contributed by atoms with Gasteiger partial charge in [-0.15, -0.1) is 0 Å². The van der Waals surface area contributed by atoms with Crippen LogP contribution in [0.2, 0.25) is 0 Å². The Morgan fingerprint density at radius 2 is 2.00 bits per heavy atom. The number of benzene rings is 1.